The standard InChI is InChI=1S/C56H73N3O12/c1-28-25-31(4)38(32(5)26-28)27-58-20-22-59(23-21-58)44-43-51-41-40(47(44)63)42-50(36(9)49(41)70-54(65)55(11,12)13)71-56(14,52(42)64)67-24-19-39(66-15)33(6)48(68-37(10)60)35(8)46(62)34(7)45(61)29(2)17-16-18-30(3)53(57-43)69-51/h16-19,24-26,29,33-35,39,45-46,48,61-63H,20-23,27H2,1-15H3. The Kier molecular flexibility index (Phi) is 15.3. The molecule has 9 unspecified atom stereocenters. The number of esters is 2. The molecule has 6 bridgehead atoms. The van der Waals surface area contributed by atoms with Crippen molar-refractivity contribution in [3.8, 4) is 17.2 Å². The van der Waals surface area contributed by atoms with Gasteiger partial charge < -0.3 is 48.3 Å². The highest BCUT2D eigenvalue weighted by Crippen LogP contribution is 2.55. The summed E-state index contributed by atoms with van der Waals surface area (Å²) >= 11 is 0. The quantitative estimate of drug-likeness (QED) is 0.122. The number of Topliss-reactive ketones (excluding diaryl/α,β-unsaturated/α-hetero) is 1. The lowest BCUT2D eigenvalue weighted by Gasteiger charge is -2.38. The number of ketones is 1. The molecule has 1 aromatic heterocycles. The first-order chi connectivity index (χ1) is 33.3. The molecule has 0 radical (unpaired) electrons. The van der Waals surface area contributed by atoms with E-state index in [0.717, 1.165) is 6.54 Å². The van der Waals surface area contributed by atoms with E-state index in [1.54, 1.807) is 59.8 Å². The number of piperazine rings is 1. The number of hydrogen-bond acceptors (Lipinski definition) is 15. The number of nitrogens with zero attached hydrogens (tertiary/aromatic N) is 3. The topological polar surface area (TPSA) is 191 Å². The number of anilines is 1. The second kappa shape index (κ2) is 20.4. The number of hydrogen-bond donors (Lipinski definition) is 3. The highest BCUT2D eigenvalue weighted by atomic mass is 16.7. The summed E-state index contributed by atoms with van der Waals surface area (Å²) in [6.45, 7) is 28.1. The van der Waals surface area contributed by atoms with Crippen LogP contribution in [-0.2, 0) is 30.3 Å². The predicted octanol–water partition coefficient (Wildman–Crippen LogP) is 9.20. The Morgan fingerprint density at radius 1 is 0.915 bits per heavy atom. The molecular weight excluding hydrogens is 907 g/mol. The van der Waals surface area contributed by atoms with Crippen LogP contribution in [0.3, 0.4) is 0 Å². The van der Waals surface area contributed by atoms with E-state index in [1.807, 2.05) is 26.8 Å². The largest absolute Gasteiger partial charge is 0.505 e. The number of benzene rings is 3. The SMILES string of the molecule is COC1C=COC2(C)Oc3c(C)c(OC(=O)C(C)(C)C)c4c(c(O)c(N5CCN(Cc6c(C)cc(C)cc6C)CC5)c5nc(oc54)C(C)=CC=CC(C)C(O)C(C)C(O)C(C)C(OC(C)=O)C1C)c3C2=O. The molecule has 0 saturated carbocycles. The zero-order valence-corrected chi connectivity index (χ0v) is 44.1. The van der Waals surface area contributed by atoms with Crippen molar-refractivity contribution >= 4 is 50.9 Å². The predicted molar refractivity (Wildman–Crippen MR) is 273 cm³/mol. The Bertz CT molecular complexity index is 2790. The van der Waals surface area contributed by atoms with Crippen LogP contribution in [0.25, 0.3) is 27.4 Å². The summed E-state index contributed by atoms with van der Waals surface area (Å²) in [4.78, 5) is 51.1. The number of ether oxygens (including phenoxy) is 5. The number of rotatable bonds is 6. The monoisotopic (exact) mass is 980 g/mol. The maximum atomic E-state index is 15.2. The third kappa shape index (κ3) is 10.2. The minimum Gasteiger partial charge on any atom is -0.505 e. The molecule has 0 spiro atoms. The van der Waals surface area contributed by atoms with Crippen LogP contribution in [0.5, 0.6) is 17.2 Å². The van der Waals surface area contributed by atoms with Crippen LogP contribution in [0.4, 0.5) is 5.69 Å². The summed E-state index contributed by atoms with van der Waals surface area (Å²) in [5.74, 6) is -6.04. The van der Waals surface area contributed by atoms with E-state index in [1.165, 1.54) is 49.5 Å². The Labute approximate surface area is 417 Å². The molecule has 9 atom stereocenters. The molecule has 3 aliphatic heterocycles. The number of oxazole rings is 1. The van der Waals surface area contributed by atoms with Crippen LogP contribution >= 0.6 is 0 Å². The van der Waals surface area contributed by atoms with Gasteiger partial charge in [0.1, 0.15) is 34.6 Å². The van der Waals surface area contributed by atoms with Crippen molar-refractivity contribution in [3.05, 3.63) is 82.0 Å². The van der Waals surface area contributed by atoms with E-state index in [0.29, 0.717) is 48.5 Å². The number of aliphatic hydroxyl groups is 2. The average Bonchev–Trinajstić information content (AvgIpc) is 3.86. The highest BCUT2D eigenvalue weighted by Gasteiger charge is 2.50. The zero-order valence-electron chi connectivity index (χ0n) is 44.1. The van der Waals surface area contributed by atoms with Gasteiger partial charge in [0.15, 0.2) is 5.58 Å². The van der Waals surface area contributed by atoms with Crippen LogP contribution in [0.1, 0.15) is 113 Å². The van der Waals surface area contributed by atoms with Crippen molar-refractivity contribution in [1.29, 1.82) is 0 Å². The molecule has 15 heteroatoms. The van der Waals surface area contributed by atoms with Crippen molar-refractivity contribution in [2.75, 3.05) is 38.2 Å². The van der Waals surface area contributed by atoms with E-state index >= 15 is 4.79 Å². The van der Waals surface area contributed by atoms with Crippen LogP contribution in [0.15, 0.2) is 47.1 Å². The molecule has 4 aromatic rings. The Hall–Kier alpha value is -5.74. The van der Waals surface area contributed by atoms with Crippen molar-refractivity contribution in [1.82, 2.24) is 9.88 Å². The van der Waals surface area contributed by atoms with Crippen molar-refractivity contribution in [2.45, 2.75) is 134 Å². The third-order valence-corrected chi connectivity index (χ3v) is 14.8. The molecule has 15 nitrogen and oxygen atoms in total. The van der Waals surface area contributed by atoms with Gasteiger partial charge in [-0.15, -0.1) is 0 Å². The molecule has 1 fully saturated rings. The van der Waals surface area contributed by atoms with Gasteiger partial charge in [0.2, 0.25) is 5.89 Å². The molecule has 4 heterocycles. The number of aromatic hydroxyl groups is 1. The number of aryl methyl sites for hydroxylation is 3. The number of aliphatic hydroxyl groups excluding tert-OH is 2. The fourth-order valence-electron chi connectivity index (χ4n) is 10.4. The molecule has 1 saturated heterocycles. The fourth-order valence-corrected chi connectivity index (χ4v) is 10.4. The Balaban J connectivity index is 1.44. The molecule has 3 aliphatic rings. The number of fused-ring (bicyclic) bond motifs is 2. The summed E-state index contributed by atoms with van der Waals surface area (Å²) in [5.41, 5.74) is 5.76. The molecule has 384 valence electrons. The van der Waals surface area contributed by atoms with Crippen LogP contribution in [0.2, 0.25) is 0 Å². The smallest absolute Gasteiger partial charge is 0.316 e. The maximum absolute atomic E-state index is 15.2. The van der Waals surface area contributed by atoms with Crippen LogP contribution in [-0.4, -0.2) is 106 Å². The van der Waals surface area contributed by atoms with Crippen molar-refractivity contribution in [3.63, 3.8) is 0 Å². The first-order valence-corrected chi connectivity index (χ1v) is 24.7. The maximum Gasteiger partial charge on any atom is 0.316 e. The van der Waals surface area contributed by atoms with Gasteiger partial charge in [0.05, 0.1) is 40.9 Å². The number of phenols is 1. The van der Waals surface area contributed by atoms with Gasteiger partial charge >= 0.3 is 17.7 Å². The fraction of sp³-hybridized carbons (Fsp3) is 0.536. The molecular formula is C56H73N3O12. The average molecular weight is 980 g/mol. The molecule has 71 heavy (non-hydrogen) atoms. The lowest BCUT2D eigenvalue weighted by molar-refractivity contribution is -0.160. The number of methoxy groups -OCH3 is 1. The second-order valence-electron chi connectivity index (χ2n) is 21.3. The number of phenolic OH excluding ortho intramolecular Hbond substituents is 1. The third-order valence-electron chi connectivity index (χ3n) is 14.8. The Morgan fingerprint density at radius 2 is 1.56 bits per heavy atom. The summed E-state index contributed by atoms with van der Waals surface area (Å²) < 4.78 is 37.6. The van der Waals surface area contributed by atoms with Gasteiger partial charge in [-0.05, 0) is 78.2 Å². The Morgan fingerprint density at radius 3 is 2.17 bits per heavy atom. The minimum atomic E-state index is -2.00. The first-order valence-electron chi connectivity index (χ1n) is 24.7. The summed E-state index contributed by atoms with van der Waals surface area (Å²) in [6.07, 6.45) is 4.52. The normalized spacial score (nSPS) is 26.9. The van der Waals surface area contributed by atoms with Gasteiger partial charge in [-0.3, -0.25) is 19.3 Å². The summed E-state index contributed by atoms with van der Waals surface area (Å²) in [5, 5.41) is 36.5. The van der Waals surface area contributed by atoms with E-state index in [4.69, 9.17) is 33.1 Å². The molecule has 0 amide bonds. The summed E-state index contributed by atoms with van der Waals surface area (Å²) in [6, 6.07) is 4.41. The number of carbonyl (C=O) groups is 3. The van der Waals surface area contributed by atoms with Crippen LogP contribution < -0.4 is 14.4 Å². The second-order valence-corrected chi connectivity index (χ2v) is 21.3. The lowest BCUT2D eigenvalue weighted by atomic mass is 9.78. The van der Waals surface area contributed by atoms with Crippen molar-refractivity contribution in [2.24, 2.45) is 29.1 Å². The van der Waals surface area contributed by atoms with Gasteiger partial charge in [0.25, 0.3) is 5.78 Å². The number of allylic oxidation sites excluding steroid dienone is 3. The zero-order chi connectivity index (χ0) is 52.2. The minimum absolute atomic E-state index is 0.0103. The van der Waals surface area contributed by atoms with Crippen LogP contribution in [0, 0.1) is 56.8 Å². The molecule has 0 aliphatic carbocycles. The lowest BCUT2D eigenvalue weighted by Crippen LogP contribution is -2.46. The number of aromatic nitrogens is 1. The van der Waals surface area contributed by atoms with Crippen molar-refractivity contribution < 1.29 is 57.8 Å². The van der Waals surface area contributed by atoms with E-state index in [9.17, 15) is 24.9 Å². The highest BCUT2D eigenvalue weighted by molar-refractivity contribution is 6.26. The van der Waals surface area contributed by atoms with E-state index in [-0.39, 0.29) is 45.1 Å². The van der Waals surface area contributed by atoms with Gasteiger partial charge in [-0.2, -0.15) is 0 Å². The van der Waals surface area contributed by atoms with Gasteiger partial charge in [-0.25, -0.2) is 4.98 Å². The molecule has 3 N–H and O–H groups in total. The molecule has 7 rings (SSSR count). The first kappa shape index (κ1) is 53.1. The number of carbonyl (C=O) groups excluding carboxylic acids is 3. The van der Waals surface area contributed by atoms with Gasteiger partial charge in [0, 0.05) is 93.9 Å². The summed E-state index contributed by atoms with van der Waals surface area (Å²) in [7, 11) is 1.48. The molecule has 3 aromatic carbocycles. The van der Waals surface area contributed by atoms with Gasteiger partial charge in [-0.1, -0.05) is 63.6 Å². The van der Waals surface area contributed by atoms with E-state index < -0.39 is 77.0 Å². The van der Waals surface area contributed by atoms with E-state index in [2.05, 4.69) is 42.7 Å².